The predicted octanol–water partition coefficient (Wildman–Crippen LogP) is 3.80. The number of nitrogens with one attached hydrogen (secondary N) is 1. The second-order valence-corrected chi connectivity index (χ2v) is 6.71. The van der Waals surface area contributed by atoms with Crippen LogP contribution < -0.4 is 0 Å². The summed E-state index contributed by atoms with van der Waals surface area (Å²) < 4.78 is 1.01. The Balaban J connectivity index is 1.73. The highest BCUT2D eigenvalue weighted by atomic mass is 32.2. The third kappa shape index (κ3) is 3.44. The van der Waals surface area contributed by atoms with Gasteiger partial charge >= 0.3 is 0 Å². The van der Waals surface area contributed by atoms with Gasteiger partial charge in [-0.25, -0.2) is 4.98 Å². The molecule has 5 nitrogen and oxygen atoms in total. The van der Waals surface area contributed by atoms with Crippen molar-refractivity contribution in [3.63, 3.8) is 0 Å². The Morgan fingerprint density at radius 2 is 2.05 bits per heavy atom. The number of hydrogen-bond donors (Lipinski definition) is 2. The van der Waals surface area contributed by atoms with Crippen molar-refractivity contribution in [2.75, 3.05) is 0 Å². The molecule has 0 unspecified atom stereocenters. The summed E-state index contributed by atoms with van der Waals surface area (Å²) in [7, 11) is 0. The lowest BCUT2D eigenvalue weighted by Gasteiger charge is -1.96. The normalized spacial score (nSPS) is 11.5. The van der Waals surface area contributed by atoms with Crippen molar-refractivity contribution in [2.45, 2.75) is 9.10 Å². The molecule has 3 rings (SSSR count). The molecule has 1 aromatic carbocycles. The summed E-state index contributed by atoms with van der Waals surface area (Å²) in [4.78, 5) is 17.6. The molecule has 7 heteroatoms. The van der Waals surface area contributed by atoms with Crippen molar-refractivity contribution in [3.8, 4) is 0 Å². The van der Waals surface area contributed by atoms with Crippen LogP contribution in [0.2, 0.25) is 0 Å². The predicted molar refractivity (Wildman–Crippen MR) is 86.2 cm³/mol. The summed E-state index contributed by atoms with van der Waals surface area (Å²) in [5, 5.41) is 16.0. The van der Waals surface area contributed by atoms with Crippen molar-refractivity contribution in [2.24, 2.45) is 0 Å². The molecular formula is C15H11N3O2S2. The Hall–Kier alpha value is -2.38. The number of hydrogen-bond acceptors (Lipinski definition) is 6. The van der Waals surface area contributed by atoms with E-state index in [1.165, 1.54) is 17.7 Å². The Kier molecular flexibility index (Phi) is 4.36. The molecule has 0 saturated heterocycles. The second-order valence-electron chi connectivity index (χ2n) is 4.25. The van der Waals surface area contributed by atoms with E-state index >= 15 is 0 Å². The van der Waals surface area contributed by atoms with Gasteiger partial charge in [-0.1, -0.05) is 30.0 Å². The molecule has 0 amide bonds. The first kappa shape index (κ1) is 14.6. The molecule has 0 spiro atoms. The van der Waals surface area contributed by atoms with E-state index in [0.29, 0.717) is 4.88 Å². The third-order valence-corrected chi connectivity index (χ3v) is 4.94. The van der Waals surface area contributed by atoms with Crippen molar-refractivity contribution < 1.29 is 9.90 Å². The Morgan fingerprint density at radius 3 is 2.77 bits per heavy atom. The van der Waals surface area contributed by atoms with Crippen LogP contribution in [0.25, 0.3) is 5.76 Å². The van der Waals surface area contributed by atoms with E-state index < -0.39 is 0 Å². The fourth-order valence-corrected chi connectivity index (χ4v) is 3.74. The summed E-state index contributed by atoms with van der Waals surface area (Å²) in [5.74, 6) is -0.423. The number of thiophene rings is 1. The number of ketones is 1. The molecule has 0 radical (unpaired) electrons. The van der Waals surface area contributed by atoms with Crippen LogP contribution in [0.15, 0.2) is 64.0 Å². The summed E-state index contributed by atoms with van der Waals surface area (Å²) in [5.41, 5.74) is 0. The first-order valence-electron chi connectivity index (χ1n) is 6.36. The zero-order valence-corrected chi connectivity index (χ0v) is 12.9. The average molecular weight is 329 g/mol. The monoisotopic (exact) mass is 329 g/mol. The molecule has 0 aliphatic carbocycles. The van der Waals surface area contributed by atoms with Crippen LogP contribution in [0.4, 0.5) is 0 Å². The van der Waals surface area contributed by atoms with Gasteiger partial charge in [0.15, 0.2) is 11.5 Å². The first-order valence-corrected chi connectivity index (χ1v) is 7.99. The summed E-state index contributed by atoms with van der Waals surface area (Å²) >= 11 is 2.98. The lowest BCUT2D eigenvalue weighted by atomic mass is 10.3. The van der Waals surface area contributed by atoms with Gasteiger partial charge in [0.1, 0.15) is 6.33 Å². The number of carbonyl (C=O) groups is 1. The van der Waals surface area contributed by atoms with Gasteiger partial charge in [0.25, 0.3) is 0 Å². The number of aliphatic hydroxyl groups excluding tert-OH is 1. The standard InChI is InChI=1S/C15H11N3O2S2/c19-11(8-12(20)15-16-9-17-18-15)13-6-7-14(22-13)21-10-4-2-1-3-5-10/h1-9,20H,(H,16,17,18). The fourth-order valence-electron chi connectivity index (χ4n) is 1.70. The fraction of sp³-hybridized carbons (Fsp3) is 0. The lowest BCUT2D eigenvalue weighted by molar-refractivity contribution is 0.104. The summed E-state index contributed by atoms with van der Waals surface area (Å²) in [6.45, 7) is 0. The molecule has 2 heterocycles. The van der Waals surface area contributed by atoms with E-state index in [9.17, 15) is 9.90 Å². The van der Waals surface area contributed by atoms with E-state index in [1.807, 2.05) is 36.4 Å². The number of allylic oxidation sites excluding steroid dienone is 1. The van der Waals surface area contributed by atoms with Crippen LogP contribution in [-0.4, -0.2) is 26.1 Å². The highest BCUT2D eigenvalue weighted by Crippen LogP contribution is 2.33. The minimum atomic E-state index is -0.271. The number of nitrogens with zero attached hydrogens (tertiary/aromatic N) is 2. The largest absolute Gasteiger partial charge is 0.504 e. The van der Waals surface area contributed by atoms with Crippen LogP contribution in [-0.2, 0) is 0 Å². The zero-order chi connectivity index (χ0) is 15.4. The zero-order valence-electron chi connectivity index (χ0n) is 11.3. The molecule has 110 valence electrons. The van der Waals surface area contributed by atoms with Crippen molar-refractivity contribution in [1.82, 2.24) is 15.2 Å². The molecule has 0 fully saturated rings. The number of carbonyl (C=O) groups excluding carboxylic acids is 1. The smallest absolute Gasteiger partial charge is 0.215 e. The number of benzene rings is 1. The van der Waals surface area contributed by atoms with E-state index in [4.69, 9.17) is 0 Å². The van der Waals surface area contributed by atoms with Crippen LogP contribution in [0, 0.1) is 0 Å². The third-order valence-electron chi connectivity index (χ3n) is 2.70. The maximum atomic E-state index is 12.1. The first-order chi connectivity index (χ1) is 10.7. The lowest BCUT2D eigenvalue weighted by Crippen LogP contribution is -1.94. The molecule has 0 atom stereocenters. The van der Waals surface area contributed by atoms with Gasteiger partial charge in [-0.3, -0.25) is 9.89 Å². The Bertz CT molecular complexity index is 795. The van der Waals surface area contributed by atoms with Gasteiger partial charge in [0.2, 0.25) is 5.82 Å². The molecule has 0 bridgehead atoms. The maximum Gasteiger partial charge on any atom is 0.215 e. The van der Waals surface area contributed by atoms with Crippen LogP contribution in [0.5, 0.6) is 0 Å². The minimum absolute atomic E-state index is 0.101. The van der Waals surface area contributed by atoms with Crippen molar-refractivity contribution >= 4 is 34.6 Å². The minimum Gasteiger partial charge on any atom is -0.504 e. The maximum absolute atomic E-state index is 12.1. The summed E-state index contributed by atoms with van der Waals surface area (Å²) in [6.07, 6.45) is 2.47. The Morgan fingerprint density at radius 1 is 1.23 bits per heavy atom. The van der Waals surface area contributed by atoms with Crippen LogP contribution in [0.3, 0.4) is 0 Å². The van der Waals surface area contributed by atoms with Gasteiger partial charge in [-0.15, -0.1) is 11.3 Å². The average Bonchev–Trinajstić information content (AvgIpc) is 3.19. The summed E-state index contributed by atoms with van der Waals surface area (Å²) in [6, 6.07) is 13.6. The quantitative estimate of drug-likeness (QED) is 0.423. The van der Waals surface area contributed by atoms with Gasteiger partial charge in [0, 0.05) is 11.0 Å². The molecular weight excluding hydrogens is 318 g/mol. The number of aromatic amines is 1. The van der Waals surface area contributed by atoms with Crippen LogP contribution in [0.1, 0.15) is 15.5 Å². The van der Waals surface area contributed by atoms with Gasteiger partial charge < -0.3 is 5.11 Å². The molecule has 3 aromatic rings. The number of aromatic nitrogens is 3. The molecule has 0 aliphatic heterocycles. The van der Waals surface area contributed by atoms with Gasteiger partial charge in [-0.05, 0) is 24.3 Å². The number of H-pyrrole nitrogens is 1. The highest BCUT2D eigenvalue weighted by Gasteiger charge is 2.11. The molecule has 2 aromatic heterocycles. The van der Waals surface area contributed by atoms with Crippen molar-refractivity contribution in [1.29, 1.82) is 0 Å². The number of rotatable bonds is 5. The molecule has 0 aliphatic rings. The second kappa shape index (κ2) is 6.59. The van der Waals surface area contributed by atoms with Crippen molar-refractivity contribution in [3.05, 3.63) is 65.6 Å². The highest BCUT2D eigenvalue weighted by molar-refractivity contribution is 8.01. The molecule has 0 saturated carbocycles. The Labute approximate surface area is 134 Å². The SMILES string of the molecule is O=C(C=C(O)c1nc[nH]n1)c1ccc(Sc2ccccc2)s1. The van der Waals surface area contributed by atoms with Gasteiger partial charge in [0.05, 0.1) is 9.09 Å². The van der Waals surface area contributed by atoms with E-state index in [1.54, 1.807) is 17.8 Å². The number of aliphatic hydroxyl groups is 1. The topological polar surface area (TPSA) is 78.9 Å². The van der Waals surface area contributed by atoms with Crippen LogP contribution >= 0.6 is 23.1 Å². The molecule has 2 N–H and O–H groups in total. The van der Waals surface area contributed by atoms with E-state index in [2.05, 4.69) is 15.2 Å². The van der Waals surface area contributed by atoms with E-state index in [0.717, 1.165) is 15.2 Å². The molecule has 22 heavy (non-hydrogen) atoms. The van der Waals surface area contributed by atoms with E-state index in [-0.39, 0.29) is 17.4 Å². The van der Waals surface area contributed by atoms with Gasteiger partial charge in [-0.2, -0.15) is 5.10 Å².